The maximum atomic E-state index is 13.6. The maximum Gasteiger partial charge on any atom is 0.338 e. The molecule has 0 fully saturated rings. The topological polar surface area (TPSA) is 246 Å². The largest absolute Gasteiger partial charge is 0.459 e. The molecule has 82 heavy (non-hydrogen) atoms. The Bertz CT molecular complexity index is 2280. The number of hydroxylamine groups is 2. The third-order valence-electron chi connectivity index (χ3n) is 13.3. The summed E-state index contributed by atoms with van der Waals surface area (Å²) in [5, 5.41) is 50.2. The molecule has 19 heteroatoms. The summed E-state index contributed by atoms with van der Waals surface area (Å²) in [7, 11) is 3.07. The Hall–Kier alpha value is -5.58. The highest BCUT2D eigenvalue weighted by molar-refractivity contribution is 6.30. The molecule has 4 rings (SSSR count). The van der Waals surface area contributed by atoms with Gasteiger partial charge in [0.1, 0.15) is 17.3 Å². The van der Waals surface area contributed by atoms with Crippen molar-refractivity contribution in [2.24, 2.45) is 41.4 Å². The van der Waals surface area contributed by atoms with Crippen molar-refractivity contribution in [3.05, 3.63) is 97.9 Å². The van der Waals surface area contributed by atoms with Gasteiger partial charge in [0.25, 0.3) is 17.5 Å². The number of esters is 1. The molecule has 0 saturated heterocycles. The Morgan fingerprint density at radius 2 is 1.16 bits per heavy atom. The van der Waals surface area contributed by atoms with Crippen LogP contribution in [0.1, 0.15) is 214 Å². The van der Waals surface area contributed by atoms with Crippen LogP contribution in [0.15, 0.2) is 54.6 Å². The summed E-state index contributed by atoms with van der Waals surface area (Å²) < 4.78 is 19.0. The second-order valence-electron chi connectivity index (χ2n) is 22.1. The molecule has 0 saturated carbocycles. The third-order valence-corrected chi connectivity index (χ3v) is 13.6. The highest BCUT2D eigenvalue weighted by Crippen LogP contribution is 2.28. The Kier molecular flexibility index (Phi) is 42.4. The molecule has 466 valence electrons. The molecule has 1 aliphatic rings. The zero-order chi connectivity index (χ0) is 64.3. The lowest BCUT2D eigenvalue weighted by atomic mass is 10.00. The first kappa shape index (κ1) is 80.6. The van der Waals surface area contributed by atoms with Crippen LogP contribution in [0.25, 0.3) is 0 Å². The number of hydrogen-bond donors (Lipinski definition) is 4. The fraction of sp³-hybridized carbons (Fsp3) is 0.651. The molecular weight excluding hydrogens is 1070 g/mol. The zero-order valence-corrected chi connectivity index (χ0v) is 54.3. The van der Waals surface area contributed by atoms with Crippen LogP contribution in [0.3, 0.4) is 0 Å². The van der Waals surface area contributed by atoms with Crippen LogP contribution in [0, 0.1) is 68.7 Å². The number of nitrogens with one attached hydrogen (secondary N) is 1. The van der Waals surface area contributed by atoms with E-state index in [2.05, 4.69) is 15.1 Å². The lowest BCUT2D eigenvalue weighted by Gasteiger charge is -2.28. The van der Waals surface area contributed by atoms with Gasteiger partial charge in [-0.1, -0.05) is 162 Å². The molecule has 0 bridgehead atoms. The molecule has 2 aromatic carbocycles. The highest BCUT2D eigenvalue weighted by atomic mass is 35.5. The van der Waals surface area contributed by atoms with Gasteiger partial charge in [0.15, 0.2) is 11.6 Å². The molecule has 3 amide bonds. The lowest BCUT2D eigenvalue weighted by Crippen LogP contribution is -2.42. The quantitative estimate of drug-likeness (QED) is 0.0270. The number of amides is 3. The van der Waals surface area contributed by atoms with Gasteiger partial charge in [-0.15, -0.1) is 0 Å². The first-order valence-electron chi connectivity index (χ1n) is 29.0. The summed E-state index contributed by atoms with van der Waals surface area (Å²) >= 11 is 5.77. The predicted octanol–water partition coefficient (Wildman–Crippen LogP) is 14.4. The fourth-order valence-corrected chi connectivity index (χ4v) is 7.69. The molecule has 0 aliphatic carbocycles. The molecular formula is C63H104ClFN6O11. The molecule has 2 heterocycles. The number of rotatable bonds is 20. The van der Waals surface area contributed by atoms with Crippen molar-refractivity contribution < 1.29 is 53.4 Å². The number of nitrogens with zero attached hydrogens (tertiary/aromatic N) is 5. The molecule has 3 aromatic rings. The standard InChI is InChI=1S/C14H17NO2.C13H17NO4.C12H15ClFN3.C6H13NO2.3C6H14O/c1-4-12(9(2)3)15-13(16)10-7-5-6-8-11(10)14(15)17;1-4-12(9(2)3)18-13(15)10-5-7-11(8-6-10)14(16)17;1-4-10(7(2)3)16-12-9(14)5-8(6-15)11(13)17-12;1-5(2)6(8)7(3)9-4;3*1-4-6(7)5(2)3/h5-9,12H,4H2,1-3H3;5-9,12H,4H2,1-3H3;5,7,10H,4H2,1-3H3,(H,16,17);5H,1-4H3;3*5-7H,4H2,1-3H3/t12-;;10-;;6-;;/m1.1.1../s1. The van der Waals surface area contributed by atoms with E-state index in [1.165, 1.54) is 41.3 Å². The van der Waals surface area contributed by atoms with Crippen LogP contribution in [0.2, 0.25) is 5.15 Å². The van der Waals surface area contributed by atoms with Gasteiger partial charge >= 0.3 is 5.97 Å². The van der Waals surface area contributed by atoms with Crippen molar-refractivity contribution in [1.29, 1.82) is 5.26 Å². The number of nitro groups is 1. The van der Waals surface area contributed by atoms with Crippen LogP contribution in [0.5, 0.6) is 0 Å². The molecule has 4 N–H and O–H groups in total. The number of ether oxygens (including phenoxy) is 1. The van der Waals surface area contributed by atoms with Gasteiger partial charge in [-0.3, -0.25) is 34.2 Å². The van der Waals surface area contributed by atoms with Crippen molar-refractivity contribution >= 4 is 46.8 Å². The normalized spacial score (nSPS) is 13.6. The van der Waals surface area contributed by atoms with Crippen molar-refractivity contribution in [3.8, 4) is 6.07 Å². The molecule has 3 unspecified atom stereocenters. The number of anilines is 1. The number of pyridine rings is 1. The number of nitro benzene ring substituents is 1. The average Bonchev–Trinajstić information content (AvgIpc) is 3.81. The van der Waals surface area contributed by atoms with E-state index in [9.17, 15) is 33.7 Å². The number of non-ortho nitro benzene ring substituents is 1. The molecule has 1 aliphatic heterocycles. The van der Waals surface area contributed by atoms with Crippen LogP contribution < -0.4 is 5.32 Å². The van der Waals surface area contributed by atoms with E-state index in [1.807, 2.05) is 138 Å². The summed E-state index contributed by atoms with van der Waals surface area (Å²) in [6, 6.07) is 15.5. The van der Waals surface area contributed by atoms with Gasteiger partial charge in [0.2, 0.25) is 5.91 Å². The number of carbonyl (C=O) groups excluding carboxylic acids is 4. The van der Waals surface area contributed by atoms with Gasteiger partial charge in [0, 0.05) is 37.2 Å². The van der Waals surface area contributed by atoms with Crippen molar-refractivity contribution in [3.63, 3.8) is 0 Å². The lowest BCUT2D eigenvalue weighted by molar-refractivity contribution is -0.384. The Balaban J connectivity index is -0.000000924. The summed E-state index contributed by atoms with van der Waals surface area (Å²) in [5.74, 6) is 0.977. The van der Waals surface area contributed by atoms with Crippen LogP contribution >= 0.6 is 11.6 Å². The first-order valence-corrected chi connectivity index (χ1v) is 29.3. The molecule has 0 spiro atoms. The van der Waals surface area contributed by atoms with E-state index in [0.29, 0.717) is 40.4 Å². The van der Waals surface area contributed by atoms with Crippen LogP contribution in [0.4, 0.5) is 15.9 Å². The van der Waals surface area contributed by atoms with Gasteiger partial charge in [-0.25, -0.2) is 19.2 Å². The fourth-order valence-electron chi connectivity index (χ4n) is 7.51. The molecule has 17 nitrogen and oxygen atoms in total. The van der Waals surface area contributed by atoms with Crippen LogP contribution in [-0.2, 0) is 14.4 Å². The minimum Gasteiger partial charge on any atom is -0.459 e. The average molecular weight is 1180 g/mol. The monoisotopic (exact) mass is 1170 g/mol. The predicted molar refractivity (Wildman–Crippen MR) is 328 cm³/mol. The SMILES string of the molecule is CCC(O)C(C)C.CCC(O)C(C)C.CCC(OC(=O)c1ccc([N+](=O)[O-])cc1)C(C)C.CC[C@@H](Nc1nc(Cl)c(C#N)cc1F)C(C)C.CC[C@@H](O)C(C)C.CC[C@H](C(C)C)N1C(=O)c2ccccc2C1=O.CON(C)C(=O)C(C)C. The molecule has 0 radical (unpaired) electrons. The van der Waals surface area contributed by atoms with Gasteiger partial charge < -0.3 is 25.4 Å². The van der Waals surface area contributed by atoms with E-state index in [1.54, 1.807) is 37.4 Å². The number of nitriles is 1. The number of benzene rings is 2. The Morgan fingerprint density at radius 1 is 0.720 bits per heavy atom. The van der Waals surface area contributed by atoms with Crippen LogP contribution in [-0.4, -0.2) is 110 Å². The number of carbonyl (C=O) groups is 4. The van der Waals surface area contributed by atoms with Crippen molar-refractivity contribution in [2.75, 3.05) is 19.5 Å². The Morgan fingerprint density at radius 3 is 1.43 bits per heavy atom. The Labute approximate surface area is 496 Å². The van der Waals surface area contributed by atoms with E-state index in [4.69, 9.17) is 36.9 Å². The van der Waals surface area contributed by atoms with Crippen molar-refractivity contribution in [1.82, 2.24) is 14.9 Å². The zero-order valence-electron chi connectivity index (χ0n) is 53.5. The van der Waals surface area contributed by atoms with Gasteiger partial charge in [-0.2, -0.15) is 5.26 Å². The number of aliphatic hydroxyl groups excluding tert-OH is 3. The first-order chi connectivity index (χ1) is 38.1. The minimum absolute atomic E-state index is 0.00231. The maximum absolute atomic E-state index is 13.6. The number of halogens is 2. The van der Waals surface area contributed by atoms with Gasteiger partial charge in [0.05, 0.1) is 52.6 Å². The number of aliphatic hydroxyl groups is 3. The summed E-state index contributed by atoms with van der Waals surface area (Å²) in [4.78, 5) is 67.1. The number of aromatic nitrogens is 1. The minimum atomic E-state index is -0.551. The molecule has 1 aromatic heterocycles. The van der Waals surface area contributed by atoms with Gasteiger partial charge in [-0.05, 0) is 104 Å². The smallest absolute Gasteiger partial charge is 0.338 e. The number of hydrogen-bond acceptors (Lipinski definition) is 14. The highest BCUT2D eigenvalue weighted by Gasteiger charge is 2.40. The third kappa shape index (κ3) is 30.1. The second kappa shape index (κ2) is 43.1. The van der Waals surface area contributed by atoms with Crippen molar-refractivity contribution in [2.45, 2.75) is 213 Å². The van der Waals surface area contributed by atoms with E-state index < -0.39 is 16.7 Å². The van der Waals surface area contributed by atoms with E-state index in [0.717, 1.165) is 44.6 Å². The van der Waals surface area contributed by atoms with E-state index in [-0.39, 0.29) is 94.2 Å². The van der Waals surface area contributed by atoms with E-state index >= 15 is 0 Å². The summed E-state index contributed by atoms with van der Waals surface area (Å²) in [6.07, 6.45) is 4.59. The number of fused-ring (bicyclic) bond motifs is 1. The summed E-state index contributed by atoms with van der Waals surface area (Å²) in [5.41, 5.74) is 1.42. The molecule has 6 atom stereocenters. The second-order valence-corrected chi connectivity index (χ2v) is 22.5. The number of imide groups is 1. The summed E-state index contributed by atoms with van der Waals surface area (Å²) in [6.45, 7) is 39.9.